The van der Waals surface area contributed by atoms with Gasteiger partial charge in [0.15, 0.2) is 41.4 Å². The lowest BCUT2D eigenvalue weighted by Gasteiger charge is -2.47. The van der Waals surface area contributed by atoms with Crippen molar-refractivity contribution < 1.29 is 115 Å². The number of ether oxygens (including phenoxy) is 13. The van der Waals surface area contributed by atoms with E-state index in [-0.39, 0.29) is 142 Å². The molecule has 5 aromatic rings. The van der Waals surface area contributed by atoms with E-state index in [1.54, 1.807) is 45.3 Å². The molecule has 0 radical (unpaired) electrons. The molecule has 27 nitrogen and oxygen atoms in total. The molecule has 3 saturated heterocycles. The molecule has 0 spiro atoms. The zero-order valence-corrected chi connectivity index (χ0v) is 62.3. The minimum atomic E-state index is -1.47. The van der Waals surface area contributed by atoms with Gasteiger partial charge in [0.25, 0.3) is 0 Å². The number of aliphatic hydroxyl groups excluding tert-OH is 3. The summed E-state index contributed by atoms with van der Waals surface area (Å²) in [6.07, 6.45) is -6.15. The fourth-order valence-corrected chi connectivity index (χ4v) is 14.6. The number of esters is 2. The first kappa shape index (κ1) is 81.9. The monoisotopic (exact) mass is 1500 g/mol. The van der Waals surface area contributed by atoms with Crippen LogP contribution in [0.3, 0.4) is 0 Å². The second-order valence-corrected chi connectivity index (χ2v) is 28.4. The van der Waals surface area contributed by atoms with Crippen LogP contribution in [0.1, 0.15) is 130 Å². The number of aliphatic hydroxyl groups is 3. The predicted molar refractivity (Wildman–Crippen MR) is 389 cm³/mol. The van der Waals surface area contributed by atoms with Gasteiger partial charge in [-0.2, -0.15) is 0 Å². The zero-order chi connectivity index (χ0) is 77.0. The Balaban J connectivity index is 0.000000232. The van der Waals surface area contributed by atoms with Crippen molar-refractivity contribution in [1.82, 2.24) is 15.5 Å². The van der Waals surface area contributed by atoms with Crippen LogP contribution >= 0.6 is 0 Å². The summed E-state index contributed by atoms with van der Waals surface area (Å²) in [6.45, 7) is 9.18. The minimum Gasteiger partial charge on any atom is -0.493 e. The molecular formula is C81H101N3O24. The van der Waals surface area contributed by atoms with Gasteiger partial charge in [-0.25, -0.2) is 4.79 Å². The molecular weight excluding hydrogens is 1400 g/mol. The Labute approximate surface area is 628 Å². The lowest BCUT2D eigenvalue weighted by atomic mass is 9.66. The number of cyclic esters (lactones) is 1. The summed E-state index contributed by atoms with van der Waals surface area (Å²) in [6, 6.07) is 32.8. The predicted octanol–water partition coefficient (Wildman–Crippen LogP) is 7.43. The average Bonchev–Trinajstić information content (AvgIpc) is 1.44. The second-order valence-electron chi connectivity index (χ2n) is 28.4. The Hall–Kier alpha value is -8.58. The van der Waals surface area contributed by atoms with Crippen LogP contribution in [0, 0.1) is 29.6 Å². The molecule has 108 heavy (non-hydrogen) atoms. The molecule has 2 aliphatic carbocycles. The van der Waals surface area contributed by atoms with Gasteiger partial charge in [-0.1, -0.05) is 92.7 Å². The number of benzene rings is 5. The number of likely N-dealkylation sites (N-methyl/N-ethyl adjacent to an activating group) is 2. The molecule has 3 fully saturated rings. The molecule has 4 aliphatic heterocycles. The molecule has 11 rings (SSSR count). The van der Waals surface area contributed by atoms with E-state index in [0.29, 0.717) is 87.0 Å². The van der Waals surface area contributed by atoms with Crippen molar-refractivity contribution >= 4 is 47.1 Å². The number of hydrogen-bond acceptors (Lipinski definition) is 25. The van der Waals surface area contributed by atoms with E-state index in [9.17, 15) is 53.7 Å². The molecule has 8 unspecified atom stereocenters. The molecule has 0 saturated carbocycles. The Morgan fingerprint density at radius 1 is 0.731 bits per heavy atom. The fourth-order valence-electron chi connectivity index (χ4n) is 14.6. The van der Waals surface area contributed by atoms with Crippen molar-refractivity contribution in [2.24, 2.45) is 29.6 Å². The van der Waals surface area contributed by atoms with Crippen LogP contribution < -0.4 is 29.6 Å². The van der Waals surface area contributed by atoms with Crippen LogP contribution in [-0.2, 0) is 89.2 Å². The van der Waals surface area contributed by atoms with Crippen molar-refractivity contribution in [3.05, 3.63) is 142 Å². The molecule has 6 aliphatic rings. The van der Waals surface area contributed by atoms with Gasteiger partial charge in [-0.3, -0.25) is 33.6 Å². The smallest absolute Gasteiger partial charge is 0.415 e. The maximum atomic E-state index is 13.6. The standard InChI is InChI=1S/C47H59NO10.C34H42N2O14/c1-33(2)26-37(47(54)48-30-34(3)49)29-45(52)36(27-35-12-5-4-6-13-35)28-38(50)19-20-39(51)31-57-25-24-56-23-22-55-21-11-18-46(53)58-32-44-42-16-9-7-14-40(42)41-15-8-10-17-43(41)44;1-15-43-13-24-31(47-15)27(38)28(39)33(48-24)49-30-19-10-22-21(45-14-46-22)9-18(19)25(26-20(30)12-44-32(26)40)16-7-17(11-37)29(23(8-16)42-4)50-34(41)36(3)6-5-35-2/h4-10,12-17,33,36-37,44H,11,18-32H2,1-3H3,(H,48,54);7-10,15,20,24-28,30-31,33,35,37-39H,5-6,11-14H2,1-4H3/t;15?,20-,24?,25+,26-,27?,28?,30+,31?,33?/m.0/s1. The molecule has 0 bridgehead atoms. The number of carbonyl (C=O) groups excluding carboxylic acids is 8. The van der Waals surface area contributed by atoms with Gasteiger partial charge in [-0.05, 0) is 115 Å². The van der Waals surface area contributed by atoms with Crippen molar-refractivity contribution in [1.29, 1.82) is 0 Å². The minimum absolute atomic E-state index is 0.000751. The molecule has 5 N–H and O–H groups in total. The number of fused-ring (bicyclic) bond motifs is 7. The number of methoxy groups -OCH3 is 1. The average molecular weight is 1500 g/mol. The summed E-state index contributed by atoms with van der Waals surface area (Å²) in [5, 5.41) is 38.3. The Morgan fingerprint density at radius 3 is 2.07 bits per heavy atom. The van der Waals surface area contributed by atoms with Crippen molar-refractivity contribution in [2.45, 2.75) is 141 Å². The van der Waals surface area contributed by atoms with E-state index in [4.69, 9.17) is 61.6 Å². The van der Waals surface area contributed by atoms with Crippen LogP contribution in [-0.4, -0.2) is 211 Å². The molecule has 0 aromatic heterocycles. The molecule has 584 valence electrons. The molecule has 27 heteroatoms. The highest BCUT2D eigenvalue weighted by Gasteiger charge is 2.56. The summed E-state index contributed by atoms with van der Waals surface area (Å²) < 4.78 is 74.6. The quantitative estimate of drug-likeness (QED) is 0.0189. The Kier molecular flexibility index (Phi) is 30.1. The van der Waals surface area contributed by atoms with E-state index in [1.807, 2.05) is 68.4 Å². The summed E-state index contributed by atoms with van der Waals surface area (Å²) in [7, 11) is 4.79. The lowest BCUT2D eigenvalue weighted by molar-refractivity contribution is -0.364. The number of ketones is 4. The number of nitrogens with one attached hydrogen (secondary N) is 2. The van der Waals surface area contributed by atoms with Crippen molar-refractivity contribution in [3.8, 4) is 34.1 Å². The van der Waals surface area contributed by atoms with Crippen molar-refractivity contribution in [3.63, 3.8) is 0 Å². The van der Waals surface area contributed by atoms with Crippen LogP contribution in [0.5, 0.6) is 23.0 Å². The van der Waals surface area contributed by atoms with E-state index in [1.165, 1.54) is 41.2 Å². The molecule has 4 heterocycles. The zero-order valence-electron chi connectivity index (χ0n) is 62.3. The van der Waals surface area contributed by atoms with E-state index < -0.39 is 91.4 Å². The van der Waals surface area contributed by atoms with E-state index >= 15 is 0 Å². The van der Waals surface area contributed by atoms with Gasteiger partial charge in [0.1, 0.15) is 55.0 Å². The number of carbonyl (C=O) groups is 8. The third kappa shape index (κ3) is 21.3. The molecule has 5 aromatic carbocycles. The van der Waals surface area contributed by atoms with Gasteiger partial charge >= 0.3 is 18.0 Å². The normalized spacial score (nSPS) is 22.0. The lowest BCUT2D eigenvalue weighted by Crippen LogP contribution is -2.63. The number of rotatable bonds is 38. The van der Waals surface area contributed by atoms with Gasteiger partial charge < -0.3 is 92.4 Å². The first-order valence-corrected chi connectivity index (χ1v) is 37.0. The Morgan fingerprint density at radius 2 is 1.40 bits per heavy atom. The van der Waals surface area contributed by atoms with E-state index in [0.717, 1.165) is 5.56 Å². The topological polar surface area (TPSA) is 345 Å². The third-order valence-corrected chi connectivity index (χ3v) is 20.1. The highest BCUT2D eigenvalue weighted by atomic mass is 16.8. The van der Waals surface area contributed by atoms with Crippen LogP contribution in [0.15, 0.2) is 103 Å². The maximum absolute atomic E-state index is 13.6. The Bertz CT molecular complexity index is 3830. The highest BCUT2D eigenvalue weighted by Crippen LogP contribution is 2.57. The number of nitrogens with zero attached hydrogens (tertiary/aromatic N) is 1. The summed E-state index contributed by atoms with van der Waals surface area (Å²) >= 11 is 0. The van der Waals surface area contributed by atoms with Gasteiger partial charge in [-0.15, -0.1) is 0 Å². The van der Waals surface area contributed by atoms with Crippen LogP contribution in [0.2, 0.25) is 0 Å². The van der Waals surface area contributed by atoms with Gasteiger partial charge in [0.05, 0.1) is 71.9 Å². The second kappa shape index (κ2) is 39.7. The van der Waals surface area contributed by atoms with E-state index in [2.05, 4.69) is 34.9 Å². The third-order valence-electron chi connectivity index (χ3n) is 20.1. The molecule has 12 atom stereocenters. The first-order chi connectivity index (χ1) is 52.1. The van der Waals surface area contributed by atoms with Gasteiger partial charge in [0.2, 0.25) is 12.7 Å². The van der Waals surface area contributed by atoms with Crippen LogP contribution in [0.25, 0.3) is 11.1 Å². The number of amides is 2. The molecule has 2 amide bonds. The maximum Gasteiger partial charge on any atom is 0.415 e. The first-order valence-electron chi connectivity index (χ1n) is 37.0. The highest BCUT2D eigenvalue weighted by molar-refractivity contribution is 5.93. The summed E-state index contributed by atoms with van der Waals surface area (Å²) in [4.78, 5) is 104. The van der Waals surface area contributed by atoms with Crippen LogP contribution in [0.4, 0.5) is 4.79 Å². The largest absolute Gasteiger partial charge is 0.493 e. The van der Waals surface area contributed by atoms with Crippen molar-refractivity contribution in [2.75, 3.05) is 107 Å². The number of Topliss-reactive ketones (excluding diaryl/α,β-unsaturated/α-hetero) is 4. The summed E-state index contributed by atoms with van der Waals surface area (Å²) in [5.74, 6) is -3.80. The SMILES string of the molecule is CC(=O)CNC(=O)C(CC(=O)C(CC(=O)CCC(=O)COCCOCCOCCCC(=O)OCC1c2ccccc2-c2ccccc21)Cc1ccccc1)CC(C)C.CNCCN(C)C(=O)Oc1c(CO)cc([C@@H]2c3cc4c(cc3[C@@H](OC3OC5COC(C)OC5C(O)C3O)[C@H]3COC(=O)[C@H]23)OCO4)cc1OC. The summed E-state index contributed by atoms with van der Waals surface area (Å²) in [5.41, 5.74) is 7.77. The number of hydrogen-bond donors (Lipinski definition) is 5. The van der Waals surface area contributed by atoms with Gasteiger partial charge in [0, 0.05) is 94.0 Å². The fraction of sp³-hybridized carbons (Fsp3) is 0.531.